The number of esters is 1. The molecule has 0 amide bonds. The van der Waals surface area contributed by atoms with E-state index in [1.807, 2.05) is 13.8 Å². The van der Waals surface area contributed by atoms with E-state index in [9.17, 15) is 14.9 Å². The smallest absolute Gasteiger partial charge is 0.338 e. The normalized spacial score (nSPS) is 10.6. The molecule has 0 bridgehead atoms. The highest BCUT2D eigenvalue weighted by molar-refractivity contribution is 5.91. The van der Waals surface area contributed by atoms with E-state index in [4.69, 9.17) is 10.5 Å². The molecule has 0 saturated heterocycles. The molecule has 0 heterocycles. The van der Waals surface area contributed by atoms with Gasteiger partial charge in [-0.2, -0.15) is 0 Å². The highest BCUT2D eigenvalue weighted by atomic mass is 16.6. The van der Waals surface area contributed by atoms with Gasteiger partial charge in [0, 0.05) is 12.6 Å². The Morgan fingerprint density at radius 1 is 1.40 bits per heavy atom. The number of anilines is 1. The molecule has 0 atom stereocenters. The zero-order valence-electron chi connectivity index (χ0n) is 11.7. The molecule has 0 unspecified atom stereocenters. The summed E-state index contributed by atoms with van der Waals surface area (Å²) in [5.74, 6) is -0.583. The van der Waals surface area contributed by atoms with E-state index in [2.05, 4.69) is 4.90 Å². The molecule has 0 aromatic heterocycles. The Morgan fingerprint density at radius 2 is 2.05 bits per heavy atom. The number of rotatable bonds is 7. The van der Waals surface area contributed by atoms with Gasteiger partial charge in [0.15, 0.2) is 0 Å². The average molecular weight is 281 g/mol. The van der Waals surface area contributed by atoms with Gasteiger partial charge < -0.3 is 15.4 Å². The van der Waals surface area contributed by atoms with Crippen molar-refractivity contribution in [3.63, 3.8) is 0 Å². The van der Waals surface area contributed by atoms with Gasteiger partial charge in [-0.15, -0.1) is 0 Å². The second kappa shape index (κ2) is 7.44. The third-order valence-electron chi connectivity index (χ3n) is 3.00. The van der Waals surface area contributed by atoms with Crippen molar-refractivity contribution in [2.24, 2.45) is 0 Å². The van der Waals surface area contributed by atoms with Crippen molar-refractivity contribution in [2.45, 2.75) is 13.8 Å². The third-order valence-corrected chi connectivity index (χ3v) is 3.00. The molecule has 20 heavy (non-hydrogen) atoms. The molecular formula is C13H19N3O4. The minimum Gasteiger partial charge on any atom is -0.461 e. The maximum atomic E-state index is 11.8. The molecule has 0 aliphatic rings. The summed E-state index contributed by atoms with van der Waals surface area (Å²) in [4.78, 5) is 24.0. The number of carbonyl (C=O) groups excluding carboxylic acids is 1. The Labute approximate surface area is 117 Å². The molecule has 7 nitrogen and oxygen atoms in total. The Morgan fingerprint density at radius 3 is 2.60 bits per heavy atom. The van der Waals surface area contributed by atoms with Crippen molar-refractivity contribution in [1.29, 1.82) is 0 Å². The molecule has 1 rings (SSSR count). The van der Waals surface area contributed by atoms with Crippen LogP contribution < -0.4 is 5.73 Å². The minimum absolute atomic E-state index is 0.0229. The highest BCUT2D eigenvalue weighted by Gasteiger charge is 2.16. The number of benzene rings is 1. The van der Waals surface area contributed by atoms with E-state index in [0.717, 1.165) is 19.2 Å². The van der Waals surface area contributed by atoms with E-state index in [1.165, 1.54) is 12.1 Å². The van der Waals surface area contributed by atoms with Crippen molar-refractivity contribution < 1.29 is 14.5 Å². The lowest BCUT2D eigenvalue weighted by atomic mass is 10.2. The van der Waals surface area contributed by atoms with Gasteiger partial charge in [0.1, 0.15) is 12.3 Å². The van der Waals surface area contributed by atoms with Crippen LogP contribution in [0.25, 0.3) is 0 Å². The Balaban J connectivity index is 2.64. The largest absolute Gasteiger partial charge is 0.461 e. The van der Waals surface area contributed by atoms with Crippen LogP contribution in [0, 0.1) is 10.1 Å². The first-order chi connectivity index (χ1) is 9.49. The van der Waals surface area contributed by atoms with Crippen LogP contribution in [0.1, 0.15) is 24.2 Å². The lowest BCUT2D eigenvalue weighted by Crippen LogP contribution is -2.27. The van der Waals surface area contributed by atoms with Gasteiger partial charge in [-0.05, 0) is 25.2 Å². The summed E-state index contributed by atoms with van der Waals surface area (Å²) >= 11 is 0. The van der Waals surface area contributed by atoms with Crippen molar-refractivity contribution >= 4 is 17.3 Å². The summed E-state index contributed by atoms with van der Waals surface area (Å²) in [6, 6.07) is 3.89. The molecule has 1 aromatic carbocycles. The lowest BCUT2D eigenvalue weighted by molar-refractivity contribution is -0.383. The molecular weight excluding hydrogens is 262 g/mol. The average Bonchev–Trinajstić information content (AvgIpc) is 2.43. The molecule has 0 aliphatic carbocycles. The molecule has 2 N–H and O–H groups in total. The zero-order valence-corrected chi connectivity index (χ0v) is 11.7. The van der Waals surface area contributed by atoms with E-state index < -0.39 is 10.9 Å². The molecule has 1 aromatic rings. The van der Waals surface area contributed by atoms with Crippen LogP contribution >= 0.6 is 0 Å². The SMILES string of the molecule is CCN(CC)CCOC(=O)c1ccc(N)c([N+](=O)[O-])c1. The second-order valence-electron chi connectivity index (χ2n) is 4.19. The van der Waals surface area contributed by atoms with Gasteiger partial charge in [-0.25, -0.2) is 4.79 Å². The molecule has 0 fully saturated rings. The van der Waals surface area contributed by atoms with E-state index in [1.54, 1.807) is 0 Å². The highest BCUT2D eigenvalue weighted by Crippen LogP contribution is 2.22. The van der Waals surface area contributed by atoms with Gasteiger partial charge in [0.25, 0.3) is 5.69 Å². The number of nitrogens with zero attached hydrogens (tertiary/aromatic N) is 2. The standard InChI is InChI=1S/C13H19N3O4/c1-3-15(4-2)7-8-20-13(17)10-5-6-11(14)12(9-10)16(18)19/h5-6,9H,3-4,7-8,14H2,1-2H3. The van der Waals surface area contributed by atoms with Crippen molar-refractivity contribution in [1.82, 2.24) is 4.90 Å². The van der Waals surface area contributed by atoms with E-state index in [-0.39, 0.29) is 23.5 Å². The summed E-state index contributed by atoms with van der Waals surface area (Å²) < 4.78 is 5.09. The fourth-order valence-corrected chi connectivity index (χ4v) is 1.72. The number of carbonyl (C=O) groups is 1. The number of nitro groups is 1. The number of nitrogen functional groups attached to an aromatic ring is 1. The van der Waals surface area contributed by atoms with Crippen molar-refractivity contribution in [2.75, 3.05) is 32.0 Å². The molecule has 0 spiro atoms. The summed E-state index contributed by atoms with van der Waals surface area (Å²) in [5.41, 5.74) is 5.33. The van der Waals surface area contributed by atoms with Crippen molar-refractivity contribution in [3.05, 3.63) is 33.9 Å². The monoisotopic (exact) mass is 281 g/mol. The number of hydrogen-bond donors (Lipinski definition) is 1. The predicted molar refractivity (Wildman–Crippen MR) is 75.6 cm³/mol. The first-order valence-electron chi connectivity index (χ1n) is 6.43. The van der Waals surface area contributed by atoms with Crippen molar-refractivity contribution in [3.8, 4) is 0 Å². The molecule has 110 valence electrons. The van der Waals surface area contributed by atoms with Crippen LogP contribution in [0.4, 0.5) is 11.4 Å². The van der Waals surface area contributed by atoms with E-state index in [0.29, 0.717) is 6.54 Å². The summed E-state index contributed by atoms with van der Waals surface area (Å²) in [5, 5.41) is 10.7. The van der Waals surface area contributed by atoms with Gasteiger partial charge in [0.2, 0.25) is 0 Å². The van der Waals surface area contributed by atoms with Gasteiger partial charge >= 0.3 is 5.97 Å². The van der Waals surface area contributed by atoms with Crippen LogP contribution in [0.2, 0.25) is 0 Å². The number of likely N-dealkylation sites (N-methyl/N-ethyl adjacent to an activating group) is 1. The maximum absolute atomic E-state index is 11.8. The third kappa shape index (κ3) is 4.20. The van der Waals surface area contributed by atoms with Crippen LogP contribution in [-0.4, -0.2) is 42.0 Å². The Kier molecular flexibility index (Phi) is 5.92. The quantitative estimate of drug-likeness (QED) is 0.353. The number of nitro benzene ring substituents is 1. The second-order valence-corrected chi connectivity index (χ2v) is 4.19. The van der Waals surface area contributed by atoms with Crippen LogP contribution in [0.5, 0.6) is 0 Å². The maximum Gasteiger partial charge on any atom is 0.338 e. The molecule has 0 radical (unpaired) electrons. The van der Waals surface area contributed by atoms with Gasteiger partial charge in [-0.3, -0.25) is 10.1 Å². The first kappa shape index (κ1) is 15.9. The Bertz CT molecular complexity index is 487. The number of hydrogen-bond acceptors (Lipinski definition) is 6. The van der Waals surface area contributed by atoms with E-state index >= 15 is 0 Å². The lowest BCUT2D eigenvalue weighted by Gasteiger charge is -2.17. The number of nitrogens with two attached hydrogens (primary N) is 1. The fraction of sp³-hybridized carbons (Fsp3) is 0.462. The zero-order chi connectivity index (χ0) is 15.1. The minimum atomic E-state index is -0.623. The fourth-order valence-electron chi connectivity index (χ4n) is 1.72. The summed E-state index contributed by atoms with van der Waals surface area (Å²) in [7, 11) is 0. The van der Waals surface area contributed by atoms with Gasteiger partial charge in [-0.1, -0.05) is 13.8 Å². The van der Waals surface area contributed by atoms with Crippen LogP contribution in [0.3, 0.4) is 0 Å². The van der Waals surface area contributed by atoms with Gasteiger partial charge in [0.05, 0.1) is 10.5 Å². The predicted octanol–water partition coefficient (Wildman–Crippen LogP) is 1.68. The molecule has 7 heteroatoms. The van der Waals surface area contributed by atoms with Crippen LogP contribution in [-0.2, 0) is 4.74 Å². The summed E-state index contributed by atoms with van der Waals surface area (Å²) in [6.07, 6.45) is 0. The molecule has 0 saturated carbocycles. The van der Waals surface area contributed by atoms with Crippen LogP contribution in [0.15, 0.2) is 18.2 Å². The first-order valence-corrected chi connectivity index (χ1v) is 6.43. The Hall–Kier alpha value is -2.15. The molecule has 0 aliphatic heterocycles. The number of ether oxygens (including phenoxy) is 1. The summed E-state index contributed by atoms with van der Waals surface area (Å²) in [6.45, 7) is 6.68. The topological polar surface area (TPSA) is 98.7 Å².